The number of amides is 1. The first-order valence-electron chi connectivity index (χ1n) is 6.98. The number of rotatable bonds is 10. The Balaban J connectivity index is 2.30. The molecule has 2 N–H and O–H groups in total. The summed E-state index contributed by atoms with van der Waals surface area (Å²) in [4.78, 5) is 11.7. The molecule has 112 valence electrons. The van der Waals surface area contributed by atoms with E-state index in [0.29, 0.717) is 19.8 Å². The third kappa shape index (κ3) is 7.11. The highest BCUT2D eigenvalue weighted by Gasteiger charge is 2.02. The Morgan fingerprint density at radius 3 is 2.90 bits per heavy atom. The third-order valence-electron chi connectivity index (χ3n) is 2.58. The number of methoxy groups -OCH3 is 1. The van der Waals surface area contributed by atoms with Gasteiger partial charge >= 0.3 is 0 Å². The number of anilines is 1. The molecule has 5 heteroatoms. The quantitative estimate of drug-likeness (QED) is 0.644. The molecule has 0 aromatic heterocycles. The molecule has 20 heavy (non-hydrogen) atoms. The molecule has 0 aliphatic carbocycles. The Labute approximate surface area is 120 Å². The maximum absolute atomic E-state index is 11.7. The molecule has 0 atom stereocenters. The second kappa shape index (κ2) is 10.2. The predicted octanol–water partition coefficient (Wildman–Crippen LogP) is 2.04. The topological polar surface area (TPSA) is 59.6 Å². The minimum Gasteiger partial charge on any atom is -0.494 e. The molecule has 0 radical (unpaired) electrons. The van der Waals surface area contributed by atoms with Gasteiger partial charge in [-0.25, -0.2) is 0 Å². The van der Waals surface area contributed by atoms with Crippen LogP contribution < -0.4 is 15.4 Å². The van der Waals surface area contributed by atoms with E-state index in [1.165, 1.54) is 0 Å². The van der Waals surface area contributed by atoms with Crippen molar-refractivity contribution in [2.45, 2.75) is 19.8 Å². The van der Waals surface area contributed by atoms with Crippen LogP contribution in [-0.2, 0) is 9.53 Å². The monoisotopic (exact) mass is 280 g/mol. The van der Waals surface area contributed by atoms with E-state index >= 15 is 0 Å². The van der Waals surface area contributed by atoms with Gasteiger partial charge in [-0.1, -0.05) is 13.0 Å². The minimum absolute atomic E-state index is 0.0601. The van der Waals surface area contributed by atoms with Gasteiger partial charge in [0.05, 0.1) is 13.2 Å². The molecule has 1 rings (SSSR count). The number of hydrogen-bond acceptors (Lipinski definition) is 4. The molecule has 0 saturated heterocycles. The second-order valence-electron chi connectivity index (χ2n) is 4.45. The minimum atomic E-state index is -0.0601. The standard InChI is InChI=1S/C15H24N2O3/c1-3-9-20-14-7-4-6-13(11-14)17-15(18)12-16-8-5-10-19-2/h4,6-7,11,16H,3,5,8-10,12H2,1-2H3,(H,17,18). The lowest BCUT2D eigenvalue weighted by atomic mass is 10.3. The van der Waals surface area contributed by atoms with Crippen molar-refractivity contribution in [1.29, 1.82) is 0 Å². The summed E-state index contributed by atoms with van der Waals surface area (Å²) >= 11 is 0. The summed E-state index contributed by atoms with van der Waals surface area (Å²) in [6, 6.07) is 7.43. The van der Waals surface area contributed by atoms with E-state index in [-0.39, 0.29) is 5.91 Å². The van der Waals surface area contributed by atoms with E-state index in [2.05, 4.69) is 17.6 Å². The summed E-state index contributed by atoms with van der Waals surface area (Å²) in [7, 11) is 1.67. The van der Waals surface area contributed by atoms with Crippen LogP contribution in [0.1, 0.15) is 19.8 Å². The lowest BCUT2D eigenvalue weighted by Gasteiger charge is -2.09. The average molecular weight is 280 g/mol. The van der Waals surface area contributed by atoms with Crippen LogP contribution in [0.2, 0.25) is 0 Å². The molecular weight excluding hydrogens is 256 g/mol. The van der Waals surface area contributed by atoms with E-state index in [9.17, 15) is 4.79 Å². The van der Waals surface area contributed by atoms with E-state index in [1.54, 1.807) is 7.11 Å². The zero-order valence-electron chi connectivity index (χ0n) is 12.3. The molecule has 1 aromatic rings. The molecule has 0 heterocycles. The van der Waals surface area contributed by atoms with Crippen LogP contribution in [0.4, 0.5) is 5.69 Å². The van der Waals surface area contributed by atoms with Crippen LogP contribution in [0.25, 0.3) is 0 Å². The van der Waals surface area contributed by atoms with Crippen LogP contribution in [0.5, 0.6) is 5.75 Å². The van der Waals surface area contributed by atoms with Crippen LogP contribution in [0.3, 0.4) is 0 Å². The van der Waals surface area contributed by atoms with Gasteiger partial charge in [-0.05, 0) is 31.5 Å². The Kier molecular flexibility index (Phi) is 8.42. The molecule has 0 spiro atoms. The highest BCUT2D eigenvalue weighted by Crippen LogP contribution is 2.17. The van der Waals surface area contributed by atoms with Crippen molar-refractivity contribution in [3.63, 3.8) is 0 Å². The number of benzene rings is 1. The molecule has 0 aliphatic rings. The van der Waals surface area contributed by atoms with Crippen LogP contribution in [0, 0.1) is 0 Å². The summed E-state index contributed by atoms with van der Waals surface area (Å²) < 4.78 is 10.5. The molecule has 0 aliphatic heterocycles. The first-order chi connectivity index (χ1) is 9.76. The van der Waals surface area contributed by atoms with Crippen molar-refractivity contribution in [3.8, 4) is 5.75 Å². The van der Waals surface area contributed by atoms with Crippen LogP contribution >= 0.6 is 0 Å². The number of carbonyl (C=O) groups excluding carboxylic acids is 1. The van der Waals surface area contributed by atoms with Gasteiger partial charge in [-0.2, -0.15) is 0 Å². The van der Waals surface area contributed by atoms with Crippen LogP contribution in [-0.4, -0.2) is 39.3 Å². The third-order valence-corrected chi connectivity index (χ3v) is 2.58. The maximum Gasteiger partial charge on any atom is 0.238 e. The molecule has 0 bridgehead atoms. The van der Waals surface area contributed by atoms with Gasteiger partial charge in [0.15, 0.2) is 0 Å². The molecule has 1 aromatic carbocycles. The van der Waals surface area contributed by atoms with Crippen molar-refractivity contribution < 1.29 is 14.3 Å². The summed E-state index contributed by atoms with van der Waals surface area (Å²) in [5.41, 5.74) is 0.752. The zero-order valence-corrected chi connectivity index (χ0v) is 12.3. The molecule has 1 amide bonds. The Bertz CT molecular complexity index is 396. The number of carbonyl (C=O) groups is 1. The summed E-state index contributed by atoms with van der Waals surface area (Å²) in [5, 5.41) is 5.90. The van der Waals surface area contributed by atoms with Gasteiger partial charge in [0, 0.05) is 25.5 Å². The largest absolute Gasteiger partial charge is 0.494 e. The molecule has 0 saturated carbocycles. The predicted molar refractivity (Wildman–Crippen MR) is 80.2 cm³/mol. The lowest BCUT2D eigenvalue weighted by molar-refractivity contribution is -0.115. The van der Waals surface area contributed by atoms with E-state index < -0.39 is 0 Å². The molecule has 0 unspecified atom stereocenters. The fourth-order valence-electron chi connectivity index (χ4n) is 1.63. The SMILES string of the molecule is CCCOc1cccc(NC(=O)CNCCCOC)c1. The Morgan fingerprint density at radius 1 is 1.30 bits per heavy atom. The van der Waals surface area contributed by atoms with Gasteiger partial charge in [-0.15, -0.1) is 0 Å². The number of nitrogens with one attached hydrogen (secondary N) is 2. The fourth-order valence-corrected chi connectivity index (χ4v) is 1.63. The van der Waals surface area contributed by atoms with Crippen molar-refractivity contribution in [2.24, 2.45) is 0 Å². The lowest BCUT2D eigenvalue weighted by Crippen LogP contribution is -2.29. The summed E-state index contributed by atoms with van der Waals surface area (Å²) in [6.07, 6.45) is 1.85. The zero-order chi connectivity index (χ0) is 14.6. The Morgan fingerprint density at radius 2 is 2.15 bits per heavy atom. The van der Waals surface area contributed by atoms with E-state index in [0.717, 1.165) is 30.8 Å². The van der Waals surface area contributed by atoms with Crippen molar-refractivity contribution >= 4 is 11.6 Å². The van der Waals surface area contributed by atoms with E-state index in [1.807, 2.05) is 24.3 Å². The van der Waals surface area contributed by atoms with E-state index in [4.69, 9.17) is 9.47 Å². The highest BCUT2D eigenvalue weighted by molar-refractivity contribution is 5.92. The average Bonchev–Trinajstić information content (AvgIpc) is 2.45. The fraction of sp³-hybridized carbons (Fsp3) is 0.533. The first kappa shape index (κ1) is 16.5. The first-order valence-corrected chi connectivity index (χ1v) is 6.98. The second-order valence-corrected chi connectivity index (χ2v) is 4.45. The van der Waals surface area contributed by atoms with Crippen molar-refractivity contribution in [2.75, 3.05) is 38.7 Å². The number of hydrogen-bond donors (Lipinski definition) is 2. The number of ether oxygens (including phenoxy) is 2. The van der Waals surface area contributed by atoms with Crippen molar-refractivity contribution in [1.82, 2.24) is 5.32 Å². The van der Waals surface area contributed by atoms with Gasteiger partial charge in [0.25, 0.3) is 0 Å². The molecule has 0 fully saturated rings. The van der Waals surface area contributed by atoms with Gasteiger partial charge in [0.1, 0.15) is 5.75 Å². The molecular formula is C15H24N2O3. The van der Waals surface area contributed by atoms with Gasteiger partial charge in [0.2, 0.25) is 5.91 Å². The highest BCUT2D eigenvalue weighted by atomic mass is 16.5. The van der Waals surface area contributed by atoms with Crippen molar-refractivity contribution in [3.05, 3.63) is 24.3 Å². The Hall–Kier alpha value is -1.59. The van der Waals surface area contributed by atoms with Gasteiger partial charge < -0.3 is 20.1 Å². The summed E-state index contributed by atoms with van der Waals surface area (Å²) in [6.45, 7) is 4.50. The van der Waals surface area contributed by atoms with Gasteiger partial charge in [-0.3, -0.25) is 4.79 Å². The molecule has 5 nitrogen and oxygen atoms in total. The smallest absolute Gasteiger partial charge is 0.238 e. The van der Waals surface area contributed by atoms with Crippen LogP contribution in [0.15, 0.2) is 24.3 Å². The maximum atomic E-state index is 11.7. The summed E-state index contributed by atoms with van der Waals surface area (Å²) in [5.74, 6) is 0.716. The normalized spacial score (nSPS) is 10.3.